The molecule has 1 N–H and O–H groups in total. The summed E-state index contributed by atoms with van der Waals surface area (Å²) in [6.45, 7) is 1.25. The number of benzene rings is 1. The van der Waals surface area contributed by atoms with Crippen molar-refractivity contribution in [3.05, 3.63) is 33.6 Å². The molecule has 2 unspecified atom stereocenters. The molecule has 0 radical (unpaired) electrons. The highest BCUT2D eigenvalue weighted by Gasteiger charge is 2.31. The van der Waals surface area contributed by atoms with Crippen molar-refractivity contribution >= 4 is 15.7 Å². The van der Waals surface area contributed by atoms with Crippen LogP contribution in [0.5, 0.6) is 0 Å². The van der Waals surface area contributed by atoms with Gasteiger partial charge in [-0.2, -0.15) is 0 Å². The van der Waals surface area contributed by atoms with Crippen molar-refractivity contribution in [3.8, 4) is 0 Å². The summed E-state index contributed by atoms with van der Waals surface area (Å²) in [5, 5.41) is 10.9. The highest BCUT2D eigenvalue weighted by molar-refractivity contribution is 7.89. The third kappa shape index (κ3) is 3.85. The zero-order chi connectivity index (χ0) is 17.4. The summed E-state index contributed by atoms with van der Waals surface area (Å²) in [6, 6.07) is 1.75. The van der Waals surface area contributed by atoms with Crippen molar-refractivity contribution in [1.82, 2.24) is 9.62 Å². The first-order valence-electron chi connectivity index (χ1n) is 7.25. The van der Waals surface area contributed by atoms with Crippen LogP contribution in [0.2, 0.25) is 0 Å². The van der Waals surface area contributed by atoms with Crippen molar-refractivity contribution < 1.29 is 17.7 Å². The highest BCUT2D eigenvalue weighted by atomic mass is 32.2. The summed E-state index contributed by atoms with van der Waals surface area (Å²) >= 11 is 0. The molecule has 1 saturated carbocycles. The van der Waals surface area contributed by atoms with E-state index in [1.165, 1.54) is 6.92 Å². The van der Waals surface area contributed by atoms with Crippen molar-refractivity contribution in [2.45, 2.75) is 43.2 Å². The zero-order valence-electron chi connectivity index (χ0n) is 13.2. The molecular weight excluding hydrogens is 325 g/mol. The Morgan fingerprint density at radius 1 is 1.35 bits per heavy atom. The Morgan fingerprint density at radius 3 is 2.52 bits per heavy atom. The molecule has 0 aromatic heterocycles. The zero-order valence-corrected chi connectivity index (χ0v) is 14.1. The molecule has 128 valence electrons. The summed E-state index contributed by atoms with van der Waals surface area (Å²) in [4.78, 5) is 11.8. The highest BCUT2D eigenvalue weighted by Crippen LogP contribution is 2.27. The molecule has 1 fully saturated rings. The molecule has 1 aliphatic rings. The predicted octanol–water partition coefficient (Wildman–Crippen LogP) is 1.80. The molecule has 0 amide bonds. The van der Waals surface area contributed by atoms with Crippen LogP contribution in [0.4, 0.5) is 10.1 Å². The smallest absolute Gasteiger partial charge is 0.276 e. The Labute approximate surface area is 134 Å². The Kier molecular flexibility index (Phi) is 5.02. The van der Waals surface area contributed by atoms with Crippen LogP contribution in [0, 0.1) is 22.9 Å². The minimum atomic E-state index is -4.00. The maximum atomic E-state index is 13.8. The lowest BCUT2D eigenvalue weighted by atomic mass is 10.2. The van der Waals surface area contributed by atoms with Gasteiger partial charge >= 0.3 is 0 Å². The van der Waals surface area contributed by atoms with Gasteiger partial charge in [0.1, 0.15) is 5.82 Å². The summed E-state index contributed by atoms with van der Waals surface area (Å²) < 4.78 is 41.1. The number of rotatable bonds is 5. The van der Waals surface area contributed by atoms with Gasteiger partial charge < -0.3 is 4.90 Å². The number of nitrogens with one attached hydrogen (secondary N) is 1. The molecule has 0 spiro atoms. The van der Waals surface area contributed by atoms with E-state index in [1.807, 2.05) is 19.0 Å². The number of nitro groups is 1. The Bertz CT molecular complexity index is 721. The van der Waals surface area contributed by atoms with E-state index in [2.05, 4.69) is 4.72 Å². The standard InChI is InChI=1S/C14H20FN3O4S/c1-9-13(15)7-12(8-14(9)18(19)20)23(21,22)16-10-4-5-11(6-10)17(2)3/h7-8,10-11,16H,4-6H2,1-3H3. The van der Waals surface area contributed by atoms with Gasteiger partial charge in [-0.05, 0) is 46.3 Å². The van der Waals surface area contributed by atoms with Gasteiger partial charge in [0.2, 0.25) is 10.0 Å². The van der Waals surface area contributed by atoms with E-state index in [9.17, 15) is 22.9 Å². The van der Waals surface area contributed by atoms with Crippen LogP contribution in [0.1, 0.15) is 24.8 Å². The van der Waals surface area contributed by atoms with Crippen LogP contribution >= 0.6 is 0 Å². The molecule has 2 atom stereocenters. The second-order valence-electron chi connectivity index (χ2n) is 6.06. The fourth-order valence-electron chi connectivity index (χ4n) is 2.81. The lowest BCUT2D eigenvalue weighted by Crippen LogP contribution is -2.35. The second-order valence-corrected chi connectivity index (χ2v) is 7.77. The third-order valence-electron chi connectivity index (χ3n) is 4.25. The average Bonchev–Trinajstić information content (AvgIpc) is 2.89. The molecular formula is C14H20FN3O4S. The molecule has 1 aromatic rings. The topological polar surface area (TPSA) is 92.6 Å². The summed E-state index contributed by atoms with van der Waals surface area (Å²) in [5.41, 5.74) is -0.717. The van der Waals surface area contributed by atoms with Crippen LogP contribution in [0.15, 0.2) is 17.0 Å². The first-order chi connectivity index (χ1) is 10.6. The van der Waals surface area contributed by atoms with Crippen LogP contribution in [0.25, 0.3) is 0 Å². The Balaban J connectivity index is 2.25. The van der Waals surface area contributed by atoms with Gasteiger partial charge in [0.25, 0.3) is 5.69 Å². The average molecular weight is 345 g/mol. The number of nitrogens with zero attached hydrogens (tertiary/aromatic N) is 2. The third-order valence-corrected chi connectivity index (χ3v) is 5.75. The van der Waals surface area contributed by atoms with Gasteiger partial charge in [-0.15, -0.1) is 0 Å². The van der Waals surface area contributed by atoms with Gasteiger partial charge in [0, 0.05) is 18.2 Å². The number of hydrogen-bond donors (Lipinski definition) is 1. The second kappa shape index (κ2) is 6.50. The van der Waals surface area contributed by atoms with E-state index in [1.54, 1.807) is 0 Å². The molecule has 0 aliphatic heterocycles. The van der Waals surface area contributed by atoms with E-state index >= 15 is 0 Å². The monoisotopic (exact) mass is 345 g/mol. The van der Waals surface area contributed by atoms with Gasteiger partial charge in [-0.25, -0.2) is 17.5 Å². The maximum absolute atomic E-state index is 13.8. The van der Waals surface area contributed by atoms with Crippen LogP contribution < -0.4 is 4.72 Å². The molecule has 0 heterocycles. The van der Waals surface area contributed by atoms with Gasteiger partial charge in [0.15, 0.2) is 0 Å². The van der Waals surface area contributed by atoms with Crippen LogP contribution in [-0.2, 0) is 10.0 Å². The van der Waals surface area contributed by atoms with Gasteiger partial charge in [-0.3, -0.25) is 10.1 Å². The van der Waals surface area contributed by atoms with E-state index < -0.39 is 31.3 Å². The first-order valence-corrected chi connectivity index (χ1v) is 8.73. The lowest BCUT2D eigenvalue weighted by molar-refractivity contribution is -0.385. The van der Waals surface area contributed by atoms with Crippen molar-refractivity contribution in [1.29, 1.82) is 0 Å². The SMILES string of the molecule is Cc1c(F)cc(S(=O)(=O)NC2CCC(N(C)C)C2)cc1[N+](=O)[O-]. The molecule has 1 aromatic carbocycles. The van der Waals surface area contributed by atoms with E-state index in [0.29, 0.717) is 12.8 Å². The van der Waals surface area contributed by atoms with Crippen molar-refractivity contribution in [2.75, 3.05) is 14.1 Å². The Hall–Kier alpha value is -1.58. The molecule has 23 heavy (non-hydrogen) atoms. The van der Waals surface area contributed by atoms with Crippen LogP contribution in [-0.4, -0.2) is 44.4 Å². The minimum absolute atomic E-state index is 0.178. The molecule has 7 nitrogen and oxygen atoms in total. The quantitative estimate of drug-likeness (QED) is 0.649. The fourth-order valence-corrected chi connectivity index (χ4v) is 4.12. The first kappa shape index (κ1) is 17.8. The number of nitro benzene ring substituents is 1. The van der Waals surface area contributed by atoms with E-state index in [4.69, 9.17) is 0 Å². The summed E-state index contributed by atoms with van der Waals surface area (Å²) in [5.74, 6) is -0.905. The largest absolute Gasteiger partial charge is 0.306 e. The number of sulfonamides is 1. The molecule has 0 bridgehead atoms. The molecule has 9 heteroatoms. The van der Waals surface area contributed by atoms with Gasteiger partial charge in [-0.1, -0.05) is 0 Å². The van der Waals surface area contributed by atoms with Crippen LogP contribution in [0.3, 0.4) is 0 Å². The molecule has 0 saturated heterocycles. The summed E-state index contributed by atoms with van der Waals surface area (Å²) in [6.07, 6.45) is 2.20. The Morgan fingerprint density at radius 2 is 2.00 bits per heavy atom. The predicted molar refractivity (Wildman–Crippen MR) is 83.2 cm³/mol. The normalized spacial score (nSPS) is 21.8. The fraction of sp³-hybridized carbons (Fsp3) is 0.571. The lowest BCUT2D eigenvalue weighted by Gasteiger charge is -2.19. The summed E-state index contributed by atoms with van der Waals surface area (Å²) in [7, 11) is -0.139. The maximum Gasteiger partial charge on any atom is 0.276 e. The number of hydrogen-bond acceptors (Lipinski definition) is 5. The van der Waals surface area contributed by atoms with E-state index in [0.717, 1.165) is 18.6 Å². The van der Waals surface area contributed by atoms with E-state index in [-0.39, 0.29) is 17.6 Å². The molecule has 2 rings (SSSR count). The molecule has 1 aliphatic carbocycles. The number of halogens is 1. The minimum Gasteiger partial charge on any atom is -0.306 e. The van der Waals surface area contributed by atoms with Crippen molar-refractivity contribution in [3.63, 3.8) is 0 Å². The van der Waals surface area contributed by atoms with Crippen molar-refractivity contribution in [2.24, 2.45) is 0 Å². The van der Waals surface area contributed by atoms with Gasteiger partial charge in [0.05, 0.1) is 15.4 Å².